The van der Waals surface area contributed by atoms with E-state index in [1.807, 2.05) is 37.8 Å². The number of urea groups is 1. The Morgan fingerprint density at radius 1 is 1.00 bits per heavy atom. The topological polar surface area (TPSA) is 90.0 Å². The number of amides is 3. The molecule has 176 valence electrons. The van der Waals surface area contributed by atoms with E-state index in [1.54, 1.807) is 0 Å². The molecule has 1 aromatic carbocycles. The molecule has 3 aliphatic rings. The van der Waals surface area contributed by atoms with Gasteiger partial charge in [0, 0.05) is 26.2 Å². The monoisotopic (exact) mass is 462 g/mol. The molecule has 1 N–H and O–H groups in total. The molecule has 0 atom stereocenters. The molecule has 1 aliphatic carbocycles. The van der Waals surface area contributed by atoms with E-state index in [2.05, 4.69) is 12.2 Å². The third-order valence-electron chi connectivity index (χ3n) is 7.25. The summed E-state index contributed by atoms with van der Waals surface area (Å²) in [6, 6.07) is 3.47. The number of carbonyl (C=O) groups excluding carboxylic acids is 2. The second kappa shape index (κ2) is 8.43. The second-order valence-electron chi connectivity index (χ2n) is 9.82. The maximum Gasteiger partial charge on any atom is 0.326 e. The fourth-order valence-electron chi connectivity index (χ4n) is 5.41. The summed E-state index contributed by atoms with van der Waals surface area (Å²) < 4.78 is 28.1. The van der Waals surface area contributed by atoms with Gasteiger partial charge in [-0.2, -0.15) is 4.31 Å². The molecule has 2 aliphatic heterocycles. The normalized spacial score (nSPS) is 27.9. The van der Waals surface area contributed by atoms with Gasteiger partial charge in [0.25, 0.3) is 5.91 Å². The van der Waals surface area contributed by atoms with E-state index in [0.717, 1.165) is 29.5 Å². The Balaban J connectivity index is 1.40. The summed E-state index contributed by atoms with van der Waals surface area (Å²) in [7, 11) is -3.59. The van der Waals surface area contributed by atoms with E-state index in [4.69, 9.17) is 0 Å². The predicted molar refractivity (Wildman–Crippen MR) is 122 cm³/mol. The van der Waals surface area contributed by atoms with Crippen LogP contribution in [-0.2, 0) is 14.8 Å². The van der Waals surface area contributed by atoms with Crippen molar-refractivity contribution in [3.05, 3.63) is 28.8 Å². The van der Waals surface area contributed by atoms with Crippen LogP contribution in [0.4, 0.5) is 4.79 Å². The summed E-state index contributed by atoms with van der Waals surface area (Å²) in [6.07, 6.45) is 3.26. The SMILES string of the molecule is Cc1cc(C)c(S(=O)(=O)N2CCN(CN3C(=O)NC4(CCC(C)CC4)C3=O)CC2)c(C)c1. The molecule has 32 heavy (non-hydrogen) atoms. The van der Waals surface area contributed by atoms with Crippen LogP contribution in [0.25, 0.3) is 0 Å². The average Bonchev–Trinajstić information content (AvgIpc) is 2.94. The molecule has 0 aromatic heterocycles. The molecule has 1 spiro atoms. The zero-order valence-corrected chi connectivity index (χ0v) is 20.3. The number of carbonyl (C=O) groups is 2. The lowest BCUT2D eigenvalue weighted by Gasteiger charge is -2.36. The van der Waals surface area contributed by atoms with Crippen molar-refractivity contribution >= 4 is 22.0 Å². The fraction of sp³-hybridized carbons (Fsp3) is 0.652. The summed E-state index contributed by atoms with van der Waals surface area (Å²) in [5.41, 5.74) is 1.82. The Morgan fingerprint density at radius 2 is 1.56 bits per heavy atom. The number of benzene rings is 1. The lowest BCUT2D eigenvalue weighted by molar-refractivity contribution is -0.134. The van der Waals surface area contributed by atoms with Crippen molar-refractivity contribution in [2.75, 3.05) is 32.8 Å². The van der Waals surface area contributed by atoms with Crippen molar-refractivity contribution in [3.63, 3.8) is 0 Å². The van der Waals surface area contributed by atoms with Crippen LogP contribution in [0.5, 0.6) is 0 Å². The highest BCUT2D eigenvalue weighted by Crippen LogP contribution is 2.36. The van der Waals surface area contributed by atoms with Gasteiger partial charge in [-0.3, -0.25) is 9.69 Å². The van der Waals surface area contributed by atoms with Crippen molar-refractivity contribution < 1.29 is 18.0 Å². The minimum absolute atomic E-state index is 0.129. The van der Waals surface area contributed by atoms with E-state index in [0.29, 0.717) is 49.8 Å². The summed E-state index contributed by atoms with van der Waals surface area (Å²) in [6.45, 7) is 9.64. The highest BCUT2D eigenvalue weighted by atomic mass is 32.2. The van der Waals surface area contributed by atoms with E-state index < -0.39 is 15.6 Å². The number of nitrogens with one attached hydrogen (secondary N) is 1. The van der Waals surface area contributed by atoms with Gasteiger partial charge < -0.3 is 5.32 Å². The van der Waals surface area contributed by atoms with Gasteiger partial charge in [-0.1, -0.05) is 24.6 Å². The molecule has 1 saturated carbocycles. The quantitative estimate of drug-likeness (QED) is 0.694. The Hall–Kier alpha value is -1.97. The highest BCUT2D eigenvalue weighted by molar-refractivity contribution is 7.89. The van der Waals surface area contributed by atoms with Gasteiger partial charge in [0.05, 0.1) is 11.6 Å². The van der Waals surface area contributed by atoms with Gasteiger partial charge in [0.2, 0.25) is 10.0 Å². The average molecular weight is 463 g/mol. The Bertz CT molecular complexity index is 999. The van der Waals surface area contributed by atoms with Crippen molar-refractivity contribution in [2.24, 2.45) is 5.92 Å². The Kier molecular flexibility index (Phi) is 6.11. The van der Waals surface area contributed by atoms with Gasteiger partial charge in [0.1, 0.15) is 5.54 Å². The molecule has 9 heteroatoms. The van der Waals surface area contributed by atoms with E-state index in [9.17, 15) is 18.0 Å². The number of hydrogen-bond donors (Lipinski definition) is 1. The zero-order chi connectivity index (χ0) is 23.3. The first-order chi connectivity index (χ1) is 15.0. The number of nitrogens with zero attached hydrogens (tertiary/aromatic N) is 3. The van der Waals surface area contributed by atoms with E-state index in [-0.39, 0.29) is 18.6 Å². The van der Waals surface area contributed by atoms with Crippen LogP contribution in [0.1, 0.15) is 49.3 Å². The fourth-order valence-corrected chi connectivity index (χ4v) is 7.25. The Morgan fingerprint density at radius 3 is 2.12 bits per heavy atom. The molecule has 0 bridgehead atoms. The van der Waals surface area contributed by atoms with Crippen molar-refractivity contribution in [3.8, 4) is 0 Å². The van der Waals surface area contributed by atoms with Gasteiger partial charge in [0.15, 0.2) is 0 Å². The summed E-state index contributed by atoms with van der Waals surface area (Å²) >= 11 is 0. The lowest BCUT2D eigenvalue weighted by Crippen LogP contribution is -2.53. The molecular formula is C23H34N4O4S. The number of sulfonamides is 1. The molecule has 1 aromatic rings. The highest BCUT2D eigenvalue weighted by Gasteiger charge is 2.52. The smallest absolute Gasteiger partial charge is 0.323 e. The van der Waals surface area contributed by atoms with Crippen molar-refractivity contribution in [1.29, 1.82) is 0 Å². The minimum atomic E-state index is -3.59. The molecule has 0 unspecified atom stereocenters. The van der Waals surface area contributed by atoms with Crippen LogP contribution >= 0.6 is 0 Å². The number of rotatable bonds is 4. The molecule has 4 rings (SSSR count). The van der Waals surface area contributed by atoms with Crippen molar-refractivity contribution in [2.45, 2.75) is 63.8 Å². The number of piperazine rings is 1. The summed E-state index contributed by atoms with van der Waals surface area (Å²) in [4.78, 5) is 29.4. The molecule has 2 saturated heterocycles. The largest absolute Gasteiger partial charge is 0.326 e. The van der Waals surface area contributed by atoms with E-state index >= 15 is 0 Å². The lowest BCUT2D eigenvalue weighted by atomic mass is 9.77. The maximum absolute atomic E-state index is 13.3. The third kappa shape index (κ3) is 4.06. The molecule has 0 radical (unpaired) electrons. The van der Waals surface area contributed by atoms with Crippen LogP contribution in [0.3, 0.4) is 0 Å². The minimum Gasteiger partial charge on any atom is -0.323 e. The first-order valence-electron chi connectivity index (χ1n) is 11.5. The van der Waals surface area contributed by atoms with Gasteiger partial charge in [-0.05, 0) is 63.5 Å². The van der Waals surface area contributed by atoms with Crippen LogP contribution < -0.4 is 5.32 Å². The number of imide groups is 1. The van der Waals surface area contributed by atoms with Crippen LogP contribution in [0, 0.1) is 26.7 Å². The van der Waals surface area contributed by atoms with Gasteiger partial charge in [-0.15, -0.1) is 0 Å². The first-order valence-corrected chi connectivity index (χ1v) is 12.9. The van der Waals surface area contributed by atoms with Crippen LogP contribution in [-0.4, -0.2) is 72.8 Å². The molecule has 2 heterocycles. The third-order valence-corrected chi connectivity index (χ3v) is 9.45. The molecule has 3 amide bonds. The Labute approximate surface area is 191 Å². The standard InChI is InChI=1S/C23H34N4O4S/c1-16-5-7-23(8-6-16)21(28)27(22(29)24-23)15-25-9-11-26(12-10-25)32(30,31)20-18(3)13-17(2)14-19(20)4/h13-14,16H,5-12,15H2,1-4H3,(H,24,29). The number of aryl methyl sites for hydroxylation is 3. The summed E-state index contributed by atoms with van der Waals surface area (Å²) in [5.74, 6) is 0.450. The molecular weight excluding hydrogens is 428 g/mol. The predicted octanol–water partition coefficient (Wildman–Crippen LogP) is 2.38. The summed E-state index contributed by atoms with van der Waals surface area (Å²) in [5, 5.41) is 2.96. The van der Waals surface area contributed by atoms with Crippen LogP contribution in [0.15, 0.2) is 17.0 Å². The number of hydrogen-bond acceptors (Lipinski definition) is 5. The maximum atomic E-state index is 13.3. The van der Waals surface area contributed by atoms with Gasteiger partial charge >= 0.3 is 6.03 Å². The molecule has 3 fully saturated rings. The van der Waals surface area contributed by atoms with Crippen LogP contribution in [0.2, 0.25) is 0 Å². The van der Waals surface area contributed by atoms with Crippen molar-refractivity contribution in [1.82, 2.24) is 19.4 Å². The second-order valence-corrected chi connectivity index (χ2v) is 11.7. The van der Waals surface area contributed by atoms with E-state index in [1.165, 1.54) is 9.21 Å². The van der Waals surface area contributed by atoms with Gasteiger partial charge in [-0.25, -0.2) is 18.1 Å². The molecule has 8 nitrogen and oxygen atoms in total. The first kappa shape index (κ1) is 23.2. The zero-order valence-electron chi connectivity index (χ0n) is 19.5.